The highest BCUT2D eigenvalue weighted by Gasteiger charge is 2.15. The number of hydrogen-bond acceptors (Lipinski definition) is 7. The predicted octanol–water partition coefficient (Wildman–Crippen LogP) is 3.00. The van der Waals surface area contributed by atoms with E-state index in [9.17, 15) is 9.59 Å². The maximum absolute atomic E-state index is 12.5. The lowest BCUT2D eigenvalue weighted by atomic mass is 10.0. The zero-order valence-electron chi connectivity index (χ0n) is 20.0. The van der Waals surface area contributed by atoms with Gasteiger partial charge >= 0.3 is 12.0 Å². The van der Waals surface area contributed by atoms with Crippen LogP contribution < -0.4 is 31.7 Å². The maximum atomic E-state index is 12.5. The molecule has 0 radical (unpaired) electrons. The molecule has 10 nitrogen and oxygen atoms in total. The lowest BCUT2D eigenvalue weighted by Crippen LogP contribution is -2.42. The fourth-order valence-electron chi connectivity index (χ4n) is 3.39. The SMILES string of the molecule is C=C1N=C(NC(=O)Nc2ccccc2OCCCC(=O)O)NC=C1c1ccc(CNCCCN)cc1. The van der Waals surface area contributed by atoms with Gasteiger partial charge < -0.3 is 31.5 Å². The molecule has 0 aromatic heterocycles. The van der Waals surface area contributed by atoms with Crippen molar-refractivity contribution in [2.24, 2.45) is 10.7 Å². The molecule has 0 saturated carbocycles. The van der Waals surface area contributed by atoms with E-state index >= 15 is 0 Å². The second-order valence-corrected chi connectivity index (χ2v) is 8.05. The molecule has 2 amide bonds. The first kappa shape index (κ1) is 26.5. The Morgan fingerprint density at radius 3 is 2.58 bits per heavy atom. The summed E-state index contributed by atoms with van der Waals surface area (Å²) < 4.78 is 5.62. The molecule has 0 bridgehead atoms. The van der Waals surface area contributed by atoms with E-state index in [1.165, 1.54) is 5.56 Å². The van der Waals surface area contributed by atoms with Crippen LogP contribution in [0.3, 0.4) is 0 Å². The third-order valence-electron chi connectivity index (χ3n) is 5.22. The number of carbonyl (C=O) groups excluding carboxylic acids is 1. The van der Waals surface area contributed by atoms with E-state index in [2.05, 4.69) is 32.8 Å². The summed E-state index contributed by atoms with van der Waals surface area (Å²) in [5.41, 5.74) is 9.42. The highest BCUT2D eigenvalue weighted by atomic mass is 16.5. The number of guanidine groups is 1. The van der Waals surface area contributed by atoms with Gasteiger partial charge in [0.1, 0.15) is 5.75 Å². The molecule has 0 saturated heterocycles. The summed E-state index contributed by atoms with van der Waals surface area (Å²) in [5.74, 6) is -0.199. The van der Waals surface area contributed by atoms with Crippen LogP contribution in [0.5, 0.6) is 5.75 Å². The van der Waals surface area contributed by atoms with Gasteiger partial charge in [-0.25, -0.2) is 9.79 Å². The van der Waals surface area contributed by atoms with Gasteiger partial charge in [-0.15, -0.1) is 0 Å². The third kappa shape index (κ3) is 8.26. The van der Waals surface area contributed by atoms with Crippen LogP contribution in [0, 0.1) is 0 Å². The fourth-order valence-corrected chi connectivity index (χ4v) is 3.39. The molecule has 0 fully saturated rings. The highest BCUT2D eigenvalue weighted by molar-refractivity contribution is 6.05. The molecular formula is C26H32N6O4. The lowest BCUT2D eigenvalue weighted by molar-refractivity contribution is -0.137. The molecule has 1 aliphatic rings. The van der Waals surface area contributed by atoms with Gasteiger partial charge in [-0.05, 0) is 49.2 Å². The second kappa shape index (κ2) is 13.7. The first-order valence-corrected chi connectivity index (χ1v) is 11.7. The van der Waals surface area contributed by atoms with E-state index < -0.39 is 12.0 Å². The normalized spacial score (nSPS) is 12.8. The number of para-hydroxylation sites is 2. The van der Waals surface area contributed by atoms with Crippen LogP contribution in [0.15, 0.2) is 72.0 Å². The number of aliphatic carboxylic acids is 1. The van der Waals surface area contributed by atoms with E-state index in [1.807, 2.05) is 24.3 Å². The van der Waals surface area contributed by atoms with Gasteiger partial charge in [-0.3, -0.25) is 10.1 Å². The minimum atomic E-state index is -0.882. The second-order valence-electron chi connectivity index (χ2n) is 8.05. The lowest BCUT2D eigenvalue weighted by Gasteiger charge is -2.18. The number of nitrogens with two attached hydrogens (primary N) is 1. The number of carboxylic acids is 1. The van der Waals surface area contributed by atoms with Crippen LogP contribution in [0.1, 0.15) is 30.4 Å². The third-order valence-corrected chi connectivity index (χ3v) is 5.22. The molecule has 0 atom stereocenters. The number of rotatable bonds is 12. The maximum Gasteiger partial charge on any atom is 0.326 e. The zero-order chi connectivity index (χ0) is 25.8. The van der Waals surface area contributed by atoms with Crippen molar-refractivity contribution in [1.82, 2.24) is 16.0 Å². The van der Waals surface area contributed by atoms with Crippen molar-refractivity contribution in [3.8, 4) is 5.75 Å². The standard InChI is InChI=1S/C26H32N6O4/c1-18-21(20-11-9-19(10-12-20)16-28-14-5-13-27)17-29-25(30-18)32-26(35)31-22-6-2-3-7-23(22)36-15-4-8-24(33)34/h2-3,6-7,9-12,17,28H,1,4-5,8,13-16,27H2,(H,33,34)(H3,29,30,31,32,35). The molecule has 3 rings (SSSR count). The Morgan fingerprint density at radius 1 is 1.08 bits per heavy atom. The van der Waals surface area contributed by atoms with E-state index in [0.29, 0.717) is 30.1 Å². The zero-order valence-corrected chi connectivity index (χ0v) is 20.0. The van der Waals surface area contributed by atoms with E-state index in [-0.39, 0.29) is 19.0 Å². The van der Waals surface area contributed by atoms with Gasteiger partial charge in [0.2, 0.25) is 5.96 Å². The number of allylic oxidation sites excluding steroid dienone is 1. The Hall–Kier alpha value is -4.15. The molecule has 2 aromatic rings. The van der Waals surface area contributed by atoms with E-state index in [4.69, 9.17) is 15.6 Å². The van der Waals surface area contributed by atoms with Crippen molar-refractivity contribution in [1.29, 1.82) is 0 Å². The molecule has 1 aliphatic heterocycles. The topological polar surface area (TPSA) is 150 Å². The van der Waals surface area contributed by atoms with Crippen molar-refractivity contribution in [3.05, 3.63) is 78.1 Å². The Balaban J connectivity index is 1.52. The molecule has 10 heteroatoms. The van der Waals surface area contributed by atoms with Crippen molar-refractivity contribution in [2.75, 3.05) is 25.0 Å². The number of nitrogens with zero attached hydrogens (tertiary/aromatic N) is 1. The Bertz CT molecular complexity index is 1130. The number of amides is 2. The average molecular weight is 493 g/mol. The van der Waals surface area contributed by atoms with Crippen molar-refractivity contribution >= 4 is 29.2 Å². The Labute approximate surface area is 210 Å². The summed E-state index contributed by atoms with van der Waals surface area (Å²) in [6.45, 7) is 6.57. The number of anilines is 1. The van der Waals surface area contributed by atoms with Gasteiger partial charge in [0.25, 0.3) is 0 Å². The molecule has 190 valence electrons. The molecule has 0 aliphatic carbocycles. The number of carboxylic acid groups (broad SMARTS) is 1. The summed E-state index contributed by atoms with van der Waals surface area (Å²) in [6, 6.07) is 14.5. The van der Waals surface area contributed by atoms with E-state index in [0.717, 1.165) is 30.6 Å². The summed E-state index contributed by atoms with van der Waals surface area (Å²) >= 11 is 0. The quantitative estimate of drug-likeness (QED) is 0.249. The monoisotopic (exact) mass is 492 g/mol. The largest absolute Gasteiger partial charge is 0.491 e. The van der Waals surface area contributed by atoms with Crippen LogP contribution in [-0.4, -0.2) is 42.8 Å². The molecule has 0 spiro atoms. The van der Waals surface area contributed by atoms with Gasteiger partial charge in [-0.1, -0.05) is 43.0 Å². The predicted molar refractivity (Wildman–Crippen MR) is 140 cm³/mol. The summed E-state index contributed by atoms with van der Waals surface area (Å²) in [6.07, 6.45) is 3.07. The molecule has 7 N–H and O–H groups in total. The average Bonchev–Trinajstić information content (AvgIpc) is 2.86. The van der Waals surface area contributed by atoms with Crippen molar-refractivity contribution < 1.29 is 19.4 Å². The van der Waals surface area contributed by atoms with Gasteiger partial charge in [0.15, 0.2) is 0 Å². The van der Waals surface area contributed by atoms with Gasteiger partial charge in [0.05, 0.1) is 18.0 Å². The number of benzene rings is 2. The Kier molecular flexibility index (Phi) is 10.0. The summed E-state index contributed by atoms with van der Waals surface area (Å²) in [7, 11) is 0. The molecule has 0 unspecified atom stereocenters. The Morgan fingerprint density at radius 2 is 1.86 bits per heavy atom. The first-order chi connectivity index (χ1) is 17.5. The number of aliphatic imine (C=N–C) groups is 1. The molecule has 36 heavy (non-hydrogen) atoms. The van der Waals surface area contributed by atoms with Gasteiger partial charge in [0, 0.05) is 24.7 Å². The molecule has 1 heterocycles. The minimum absolute atomic E-state index is 0.0115. The summed E-state index contributed by atoms with van der Waals surface area (Å²) in [4.78, 5) is 27.6. The van der Waals surface area contributed by atoms with Crippen LogP contribution >= 0.6 is 0 Å². The highest BCUT2D eigenvalue weighted by Crippen LogP contribution is 2.25. The molecule has 2 aromatic carbocycles. The number of nitrogens with one attached hydrogen (secondary N) is 4. The van der Waals surface area contributed by atoms with Crippen LogP contribution in [0.2, 0.25) is 0 Å². The number of hydrogen-bond donors (Lipinski definition) is 6. The van der Waals surface area contributed by atoms with Crippen molar-refractivity contribution in [3.63, 3.8) is 0 Å². The first-order valence-electron chi connectivity index (χ1n) is 11.7. The smallest absolute Gasteiger partial charge is 0.326 e. The van der Waals surface area contributed by atoms with Crippen LogP contribution in [0.25, 0.3) is 5.57 Å². The number of urea groups is 1. The number of ether oxygens (including phenoxy) is 1. The summed E-state index contributed by atoms with van der Waals surface area (Å²) in [5, 5.41) is 20.5. The van der Waals surface area contributed by atoms with Crippen LogP contribution in [-0.2, 0) is 11.3 Å². The molecular weight excluding hydrogens is 460 g/mol. The van der Waals surface area contributed by atoms with Gasteiger partial charge in [-0.2, -0.15) is 0 Å². The van der Waals surface area contributed by atoms with Crippen molar-refractivity contribution in [2.45, 2.75) is 25.8 Å². The van der Waals surface area contributed by atoms with E-state index in [1.54, 1.807) is 30.5 Å². The minimum Gasteiger partial charge on any atom is -0.491 e. The fraction of sp³-hybridized carbons (Fsp3) is 0.269. The number of carbonyl (C=O) groups is 2. The van der Waals surface area contributed by atoms with Crippen LogP contribution in [0.4, 0.5) is 10.5 Å².